The van der Waals surface area contributed by atoms with Crippen LogP contribution in [0.5, 0.6) is 0 Å². The second-order valence-corrected chi connectivity index (χ2v) is 6.80. The van der Waals surface area contributed by atoms with Crippen molar-refractivity contribution in [1.82, 2.24) is 15.5 Å². The molecule has 26 heavy (non-hydrogen) atoms. The van der Waals surface area contributed by atoms with Gasteiger partial charge in [0, 0.05) is 0 Å². The summed E-state index contributed by atoms with van der Waals surface area (Å²) in [6.07, 6.45) is -5.35. The molecule has 2 rings (SSSR count). The third-order valence-electron chi connectivity index (χ3n) is 2.72. The minimum atomic E-state index is -4.50. The highest BCUT2D eigenvalue weighted by Gasteiger charge is 2.33. The van der Waals surface area contributed by atoms with Gasteiger partial charge in [-0.15, -0.1) is 10.2 Å². The number of anilines is 2. The normalized spacial score (nSPS) is 11.1. The number of amides is 2. The van der Waals surface area contributed by atoms with Crippen LogP contribution in [0.1, 0.15) is 12.5 Å². The van der Waals surface area contributed by atoms with Gasteiger partial charge in [0.2, 0.25) is 11.0 Å². The zero-order chi connectivity index (χ0) is 19.2. The molecule has 0 unspecified atom stereocenters. The number of aromatic nitrogens is 2. The van der Waals surface area contributed by atoms with Gasteiger partial charge in [0.1, 0.15) is 0 Å². The number of thioether (sulfide) groups is 1. The summed E-state index contributed by atoms with van der Waals surface area (Å²) in [5.41, 5.74) is -0.967. The lowest BCUT2D eigenvalue weighted by atomic mass is 10.2. The molecule has 0 aliphatic rings. The molecule has 0 spiro atoms. The fraction of sp³-hybridized carbons (Fsp3) is 0.286. The van der Waals surface area contributed by atoms with E-state index in [2.05, 4.69) is 20.3 Å². The van der Waals surface area contributed by atoms with Gasteiger partial charge >= 0.3 is 12.3 Å². The van der Waals surface area contributed by atoms with Crippen molar-refractivity contribution in [3.8, 4) is 0 Å². The Bertz CT molecular complexity index is 783. The van der Waals surface area contributed by atoms with Gasteiger partial charge in [-0.3, -0.25) is 10.1 Å². The van der Waals surface area contributed by atoms with Crippen LogP contribution >= 0.6 is 23.1 Å². The van der Waals surface area contributed by atoms with Gasteiger partial charge in [-0.05, 0) is 19.1 Å². The van der Waals surface area contributed by atoms with Crippen LogP contribution in [-0.2, 0) is 15.7 Å². The van der Waals surface area contributed by atoms with Gasteiger partial charge in [0.25, 0.3) is 0 Å². The highest BCUT2D eigenvalue weighted by atomic mass is 32.2. The number of ether oxygens (including phenoxy) is 1. The Morgan fingerprint density at radius 1 is 1.27 bits per heavy atom. The van der Waals surface area contributed by atoms with Crippen LogP contribution in [0.15, 0.2) is 28.6 Å². The predicted molar refractivity (Wildman–Crippen MR) is 90.5 cm³/mol. The Labute approximate surface area is 154 Å². The lowest BCUT2D eigenvalue weighted by molar-refractivity contribution is -0.137. The number of rotatable bonds is 6. The Morgan fingerprint density at radius 2 is 2.00 bits per heavy atom. The van der Waals surface area contributed by atoms with E-state index in [4.69, 9.17) is 0 Å². The van der Waals surface area contributed by atoms with Crippen molar-refractivity contribution in [2.24, 2.45) is 0 Å². The van der Waals surface area contributed by atoms with Crippen LogP contribution in [-0.4, -0.2) is 34.6 Å². The van der Waals surface area contributed by atoms with E-state index in [9.17, 15) is 22.8 Å². The molecule has 0 radical (unpaired) electrons. The average molecular weight is 406 g/mol. The van der Waals surface area contributed by atoms with E-state index in [1.165, 1.54) is 18.2 Å². The van der Waals surface area contributed by atoms with Crippen molar-refractivity contribution in [2.75, 3.05) is 17.7 Å². The average Bonchev–Trinajstić information content (AvgIpc) is 3.00. The number of carbonyl (C=O) groups is 2. The summed E-state index contributed by atoms with van der Waals surface area (Å²) >= 11 is 1.98. The highest BCUT2D eigenvalue weighted by molar-refractivity contribution is 8.01. The third-order valence-corrected chi connectivity index (χ3v) is 4.70. The number of halogens is 3. The maximum Gasteiger partial charge on any atom is 0.418 e. The van der Waals surface area contributed by atoms with Gasteiger partial charge in [0.05, 0.1) is 23.6 Å². The molecule has 0 fully saturated rings. The number of nitrogens with one attached hydrogen (secondary N) is 2. The molecule has 0 saturated heterocycles. The largest absolute Gasteiger partial charge is 0.450 e. The first-order valence-electron chi connectivity index (χ1n) is 7.15. The van der Waals surface area contributed by atoms with E-state index in [0.717, 1.165) is 29.2 Å². The van der Waals surface area contributed by atoms with Crippen molar-refractivity contribution in [2.45, 2.75) is 17.4 Å². The van der Waals surface area contributed by atoms with Crippen molar-refractivity contribution >= 4 is 45.9 Å². The van der Waals surface area contributed by atoms with E-state index in [-0.39, 0.29) is 23.2 Å². The Hall–Kier alpha value is -2.34. The maximum absolute atomic E-state index is 13.0. The van der Waals surface area contributed by atoms with E-state index in [1.807, 2.05) is 5.32 Å². The minimum Gasteiger partial charge on any atom is -0.450 e. The van der Waals surface area contributed by atoms with E-state index < -0.39 is 23.7 Å². The molecule has 0 saturated carbocycles. The number of benzene rings is 1. The first kappa shape index (κ1) is 20.0. The predicted octanol–water partition coefficient (Wildman–Crippen LogP) is 3.67. The molecule has 1 aromatic heterocycles. The summed E-state index contributed by atoms with van der Waals surface area (Å²) in [7, 11) is 0. The number of imide groups is 1. The summed E-state index contributed by atoms with van der Waals surface area (Å²) in [6, 6.07) is 4.99. The van der Waals surface area contributed by atoms with Crippen LogP contribution in [0.2, 0.25) is 0 Å². The highest BCUT2D eigenvalue weighted by Crippen LogP contribution is 2.36. The molecule has 2 amide bonds. The minimum absolute atomic E-state index is 0.118. The molecule has 7 nitrogen and oxygen atoms in total. The van der Waals surface area contributed by atoms with Crippen LogP contribution < -0.4 is 10.6 Å². The number of para-hydroxylation sites is 1. The molecule has 140 valence electrons. The molecular formula is C14H13F3N4O3S2. The zero-order valence-electron chi connectivity index (χ0n) is 13.3. The first-order valence-corrected chi connectivity index (χ1v) is 8.96. The van der Waals surface area contributed by atoms with Crippen LogP contribution in [0.25, 0.3) is 0 Å². The van der Waals surface area contributed by atoms with Gasteiger partial charge < -0.3 is 10.1 Å². The SMILES string of the molecule is CCOC(=O)NC(=O)CSc1nnc(Nc2ccccc2C(F)(F)F)s1. The van der Waals surface area contributed by atoms with Gasteiger partial charge in [-0.1, -0.05) is 35.2 Å². The number of hydrogen-bond acceptors (Lipinski definition) is 8. The van der Waals surface area contributed by atoms with Crippen LogP contribution in [0, 0.1) is 0 Å². The van der Waals surface area contributed by atoms with E-state index in [1.54, 1.807) is 6.92 Å². The van der Waals surface area contributed by atoms with Gasteiger partial charge in [-0.25, -0.2) is 4.79 Å². The summed E-state index contributed by atoms with van der Waals surface area (Å²) < 4.78 is 43.8. The summed E-state index contributed by atoms with van der Waals surface area (Å²) in [6.45, 7) is 1.74. The van der Waals surface area contributed by atoms with E-state index in [0.29, 0.717) is 4.34 Å². The maximum atomic E-state index is 13.0. The molecule has 2 N–H and O–H groups in total. The number of carbonyl (C=O) groups excluding carboxylic acids is 2. The molecule has 2 aromatic rings. The second kappa shape index (κ2) is 8.85. The zero-order valence-corrected chi connectivity index (χ0v) is 14.9. The fourth-order valence-electron chi connectivity index (χ4n) is 1.72. The molecule has 1 aromatic carbocycles. The molecule has 0 aliphatic heterocycles. The second-order valence-electron chi connectivity index (χ2n) is 4.60. The smallest absolute Gasteiger partial charge is 0.418 e. The quantitative estimate of drug-likeness (QED) is 0.707. The molecule has 0 atom stereocenters. The van der Waals surface area contributed by atoms with E-state index >= 15 is 0 Å². The summed E-state index contributed by atoms with van der Waals surface area (Å²) in [5.74, 6) is -0.701. The number of alkyl halides is 3. The lowest BCUT2D eigenvalue weighted by Crippen LogP contribution is -2.32. The Morgan fingerprint density at radius 3 is 2.69 bits per heavy atom. The van der Waals surface area contributed by atoms with Gasteiger partial charge in [-0.2, -0.15) is 13.2 Å². The lowest BCUT2D eigenvalue weighted by Gasteiger charge is -2.12. The molecule has 12 heteroatoms. The Balaban J connectivity index is 1.95. The molecule has 1 heterocycles. The summed E-state index contributed by atoms with van der Waals surface area (Å²) in [5, 5.41) is 12.3. The Kier molecular flexibility index (Phi) is 6.80. The molecule has 0 bridgehead atoms. The first-order chi connectivity index (χ1) is 12.3. The molecular weight excluding hydrogens is 393 g/mol. The van der Waals surface area contributed by atoms with Gasteiger partial charge in [0.15, 0.2) is 4.34 Å². The van der Waals surface area contributed by atoms with Crippen molar-refractivity contribution in [1.29, 1.82) is 0 Å². The third kappa shape index (κ3) is 5.88. The van der Waals surface area contributed by atoms with Crippen molar-refractivity contribution in [3.05, 3.63) is 29.8 Å². The topological polar surface area (TPSA) is 93.2 Å². The van der Waals surface area contributed by atoms with Crippen molar-refractivity contribution < 1.29 is 27.5 Å². The number of hydrogen-bond donors (Lipinski definition) is 2. The number of nitrogens with zero attached hydrogens (tertiary/aromatic N) is 2. The molecule has 0 aliphatic carbocycles. The standard InChI is InChI=1S/C14H13F3N4O3S2/c1-2-24-12(23)19-10(22)7-25-13-21-20-11(26-13)18-9-6-4-3-5-8(9)14(15,16)17/h3-6H,2,7H2,1H3,(H,18,20)(H,19,22,23). The summed E-state index contributed by atoms with van der Waals surface area (Å²) in [4.78, 5) is 22.6. The fourth-order valence-corrected chi connectivity index (χ4v) is 3.28. The van der Waals surface area contributed by atoms with Crippen LogP contribution in [0.3, 0.4) is 0 Å². The number of alkyl carbamates (subject to hydrolysis) is 1. The van der Waals surface area contributed by atoms with Crippen molar-refractivity contribution in [3.63, 3.8) is 0 Å². The monoisotopic (exact) mass is 406 g/mol. The van der Waals surface area contributed by atoms with Crippen LogP contribution in [0.4, 0.5) is 28.8 Å².